The minimum Gasteiger partial charge on any atom is -0.496 e. The Morgan fingerprint density at radius 2 is 2.13 bits per heavy atom. The van der Waals surface area contributed by atoms with Gasteiger partial charge in [-0.3, -0.25) is 4.79 Å². The molecule has 3 aromatic rings. The van der Waals surface area contributed by atoms with Gasteiger partial charge in [0.05, 0.1) is 37.3 Å². The van der Waals surface area contributed by atoms with Gasteiger partial charge in [-0.2, -0.15) is 0 Å². The molecule has 1 aliphatic rings. The van der Waals surface area contributed by atoms with E-state index in [1.807, 2.05) is 26.8 Å². The van der Waals surface area contributed by atoms with E-state index in [4.69, 9.17) is 18.3 Å². The van der Waals surface area contributed by atoms with Crippen LogP contribution in [0.3, 0.4) is 0 Å². The van der Waals surface area contributed by atoms with Crippen LogP contribution < -0.4 is 20.4 Å². The molecule has 0 aliphatic carbocycles. The molecule has 2 aromatic heterocycles. The lowest BCUT2D eigenvalue weighted by Gasteiger charge is -2.33. The Morgan fingerprint density at radius 1 is 1.33 bits per heavy atom. The molecule has 0 radical (unpaired) electrons. The van der Waals surface area contributed by atoms with Gasteiger partial charge in [0.25, 0.3) is 0 Å². The van der Waals surface area contributed by atoms with Crippen LogP contribution >= 0.6 is 0 Å². The van der Waals surface area contributed by atoms with Gasteiger partial charge < -0.3 is 23.6 Å². The van der Waals surface area contributed by atoms with Crippen LogP contribution in [0.5, 0.6) is 11.5 Å². The SMILES string of the molecule is COc1cc2c(c3oc(=O)c(CC(=O)NCc4ccco4)c(C)c13)CCC(C)(C)O2. The van der Waals surface area contributed by atoms with E-state index in [1.165, 1.54) is 0 Å². The summed E-state index contributed by atoms with van der Waals surface area (Å²) >= 11 is 0. The standard InChI is InChI=1S/C23H25NO6/c1-13-16(10-19(25)24-12-14-6-5-9-28-14)22(26)29-21-15-7-8-23(2,3)30-17(15)11-18(27-4)20(13)21/h5-6,9,11H,7-8,10,12H2,1-4H3,(H,24,25). The zero-order valence-corrected chi connectivity index (χ0v) is 17.6. The predicted molar refractivity (Wildman–Crippen MR) is 111 cm³/mol. The summed E-state index contributed by atoms with van der Waals surface area (Å²) in [5.74, 6) is 1.58. The van der Waals surface area contributed by atoms with Crippen LogP contribution in [0.1, 0.15) is 42.7 Å². The number of hydrogen-bond donors (Lipinski definition) is 1. The fraction of sp³-hybridized carbons (Fsp3) is 0.391. The van der Waals surface area contributed by atoms with Crippen LogP contribution in [0.2, 0.25) is 0 Å². The summed E-state index contributed by atoms with van der Waals surface area (Å²) in [4.78, 5) is 25.2. The highest BCUT2D eigenvalue weighted by atomic mass is 16.5. The smallest absolute Gasteiger partial charge is 0.340 e. The van der Waals surface area contributed by atoms with Crippen LogP contribution in [0, 0.1) is 6.92 Å². The molecule has 4 rings (SSSR count). The molecule has 7 nitrogen and oxygen atoms in total. The van der Waals surface area contributed by atoms with Crippen LogP contribution in [-0.2, 0) is 24.2 Å². The van der Waals surface area contributed by atoms with Crippen molar-refractivity contribution < 1.29 is 23.1 Å². The van der Waals surface area contributed by atoms with Crippen molar-refractivity contribution in [2.45, 2.75) is 52.2 Å². The van der Waals surface area contributed by atoms with Gasteiger partial charge in [0.1, 0.15) is 28.4 Å². The molecule has 30 heavy (non-hydrogen) atoms. The Labute approximate surface area is 174 Å². The summed E-state index contributed by atoms with van der Waals surface area (Å²) in [5.41, 5.74) is 1.51. The Balaban J connectivity index is 1.72. The van der Waals surface area contributed by atoms with Crippen molar-refractivity contribution in [3.8, 4) is 11.5 Å². The van der Waals surface area contributed by atoms with Gasteiger partial charge in [-0.05, 0) is 51.3 Å². The van der Waals surface area contributed by atoms with E-state index in [0.29, 0.717) is 39.4 Å². The Bertz CT molecular complexity index is 1160. The topological polar surface area (TPSA) is 90.9 Å². The molecule has 1 amide bonds. The first-order valence-corrected chi connectivity index (χ1v) is 9.93. The van der Waals surface area contributed by atoms with Crippen LogP contribution in [0.25, 0.3) is 11.0 Å². The first-order valence-electron chi connectivity index (χ1n) is 9.93. The van der Waals surface area contributed by atoms with Gasteiger partial charge in [-0.25, -0.2) is 4.79 Å². The van der Waals surface area contributed by atoms with Crippen molar-refractivity contribution in [1.82, 2.24) is 5.32 Å². The summed E-state index contributed by atoms with van der Waals surface area (Å²) in [6.07, 6.45) is 2.99. The van der Waals surface area contributed by atoms with E-state index in [-0.39, 0.29) is 24.5 Å². The van der Waals surface area contributed by atoms with Crippen LogP contribution in [0.15, 0.2) is 38.1 Å². The van der Waals surface area contributed by atoms with Gasteiger partial charge in [-0.15, -0.1) is 0 Å². The third-order valence-electron chi connectivity index (χ3n) is 5.54. The second-order valence-corrected chi connectivity index (χ2v) is 8.15. The largest absolute Gasteiger partial charge is 0.496 e. The molecule has 0 saturated carbocycles. The molecule has 0 unspecified atom stereocenters. The second kappa shape index (κ2) is 7.55. The number of nitrogens with one attached hydrogen (secondary N) is 1. The molecular formula is C23H25NO6. The second-order valence-electron chi connectivity index (χ2n) is 8.15. The number of fused-ring (bicyclic) bond motifs is 3. The van der Waals surface area contributed by atoms with Crippen LogP contribution in [-0.4, -0.2) is 18.6 Å². The molecule has 0 fully saturated rings. The average Bonchev–Trinajstić information content (AvgIpc) is 3.21. The highest BCUT2D eigenvalue weighted by molar-refractivity contribution is 5.93. The number of benzene rings is 1. The number of amides is 1. The fourth-order valence-electron chi connectivity index (χ4n) is 3.87. The lowest BCUT2D eigenvalue weighted by atomic mass is 9.91. The molecule has 1 N–H and O–H groups in total. The van der Waals surface area contributed by atoms with Crippen molar-refractivity contribution in [1.29, 1.82) is 0 Å². The number of methoxy groups -OCH3 is 1. The summed E-state index contributed by atoms with van der Waals surface area (Å²) < 4.78 is 22.6. The fourth-order valence-corrected chi connectivity index (χ4v) is 3.87. The van der Waals surface area contributed by atoms with Crippen molar-refractivity contribution in [3.05, 3.63) is 57.3 Å². The molecule has 0 bridgehead atoms. The van der Waals surface area contributed by atoms with Crippen molar-refractivity contribution >= 4 is 16.9 Å². The van der Waals surface area contributed by atoms with Crippen LogP contribution in [0.4, 0.5) is 0 Å². The highest BCUT2D eigenvalue weighted by Gasteiger charge is 2.31. The van der Waals surface area contributed by atoms with E-state index < -0.39 is 5.63 Å². The summed E-state index contributed by atoms with van der Waals surface area (Å²) in [6, 6.07) is 5.36. The van der Waals surface area contributed by atoms with Gasteiger partial charge in [0, 0.05) is 11.6 Å². The first kappa shape index (κ1) is 20.1. The Kier molecular flexibility index (Phi) is 5.05. The Hall–Kier alpha value is -3.22. The number of hydrogen-bond acceptors (Lipinski definition) is 6. The number of carbonyl (C=O) groups is 1. The summed E-state index contributed by atoms with van der Waals surface area (Å²) in [6.45, 7) is 6.13. The third-order valence-corrected chi connectivity index (χ3v) is 5.54. The predicted octanol–water partition coefficient (Wildman–Crippen LogP) is 3.67. The Morgan fingerprint density at radius 3 is 2.83 bits per heavy atom. The van der Waals surface area contributed by atoms with Crippen molar-refractivity contribution in [2.24, 2.45) is 0 Å². The highest BCUT2D eigenvalue weighted by Crippen LogP contribution is 2.43. The number of ether oxygens (including phenoxy) is 2. The molecule has 3 heterocycles. The normalized spacial score (nSPS) is 14.8. The zero-order valence-electron chi connectivity index (χ0n) is 17.6. The molecule has 1 aliphatic heterocycles. The molecule has 1 aromatic carbocycles. The van der Waals surface area contributed by atoms with E-state index >= 15 is 0 Å². The number of carbonyl (C=O) groups excluding carboxylic acids is 1. The van der Waals surface area contributed by atoms with Gasteiger partial charge in [-0.1, -0.05) is 0 Å². The summed E-state index contributed by atoms with van der Waals surface area (Å²) in [5, 5.41) is 3.46. The monoisotopic (exact) mass is 411 g/mol. The number of rotatable bonds is 5. The first-order chi connectivity index (χ1) is 14.3. The van der Waals surface area contributed by atoms with Gasteiger partial charge in [0.2, 0.25) is 5.91 Å². The number of aryl methyl sites for hydroxylation is 2. The minimum atomic E-state index is -0.520. The molecular weight excluding hydrogens is 386 g/mol. The molecule has 7 heteroatoms. The maximum atomic E-state index is 12.8. The maximum absolute atomic E-state index is 12.8. The third kappa shape index (κ3) is 3.67. The number of furan rings is 1. The lowest BCUT2D eigenvalue weighted by molar-refractivity contribution is -0.120. The lowest BCUT2D eigenvalue weighted by Crippen LogP contribution is -2.32. The van der Waals surface area contributed by atoms with E-state index in [1.54, 1.807) is 25.5 Å². The van der Waals surface area contributed by atoms with E-state index in [9.17, 15) is 9.59 Å². The summed E-state index contributed by atoms with van der Waals surface area (Å²) in [7, 11) is 1.56. The maximum Gasteiger partial charge on any atom is 0.340 e. The minimum absolute atomic E-state index is 0.0887. The molecule has 158 valence electrons. The van der Waals surface area contributed by atoms with E-state index in [0.717, 1.165) is 18.4 Å². The molecule has 0 saturated heterocycles. The van der Waals surface area contributed by atoms with Crippen molar-refractivity contribution in [2.75, 3.05) is 7.11 Å². The van der Waals surface area contributed by atoms with E-state index in [2.05, 4.69) is 5.32 Å². The van der Waals surface area contributed by atoms with Gasteiger partial charge in [0.15, 0.2) is 0 Å². The molecule has 0 atom stereocenters. The van der Waals surface area contributed by atoms with Crippen molar-refractivity contribution in [3.63, 3.8) is 0 Å². The van der Waals surface area contributed by atoms with Gasteiger partial charge >= 0.3 is 5.63 Å². The average molecular weight is 411 g/mol. The molecule has 0 spiro atoms. The zero-order chi connectivity index (χ0) is 21.5. The quantitative estimate of drug-likeness (QED) is 0.644.